The van der Waals surface area contributed by atoms with Gasteiger partial charge in [-0.1, -0.05) is 12.1 Å². The smallest absolute Gasteiger partial charge is 0.228 e. The first kappa shape index (κ1) is 20.6. The van der Waals surface area contributed by atoms with Crippen LogP contribution < -0.4 is 15.4 Å². The molecule has 4 rings (SSSR count). The molecule has 4 nitrogen and oxygen atoms in total. The van der Waals surface area contributed by atoms with Crippen LogP contribution in [0.5, 0.6) is 5.75 Å². The Morgan fingerprint density at radius 1 is 1.25 bits per heavy atom. The lowest BCUT2D eigenvalue weighted by Crippen LogP contribution is -2.31. The summed E-state index contributed by atoms with van der Waals surface area (Å²) in [6, 6.07) is 12.0. The highest BCUT2D eigenvalue weighted by Gasteiger charge is 2.57. The number of hydrogen-bond acceptors (Lipinski definition) is 3. The molecule has 2 N–H and O–H groups in total. The first-order valence-electron chi connectivity index (χ1n) is 9.55. The van der Waals surface area contributed by atoms with Gasteiger partial charge in [0, 0.05) is 11.6 Å². The quantitative estimate of drug-likeness (QED) is 0.773. The summed E-state index contributed by atoms with van der Waals surface area (Å²) in [4.78, 5) is 12.6. The second-order valence-electron chi connectivity index (χ2n) is 7.75. The summed E-state index contributed by atoms with van der Waals surface area (Å²) in [7, 11) is 0. The van der Waals surface area contributed by atoms with Gasteiger partial charge in [0.2, 0.25) is 5.91 Å². The number of halogens is 2. The molecule has 1 heterocycles. The van der Waals surface area contributed by atoms with Crippen LogP contribution in [0.2, 0.25) is 0 Å². The van der Waals surface area contributed by atoms with E-state index in [1.54, 1.807) is 6.07 Å². The molecule has 0 bridgehead atoms. The molecule has 2 aromatic rings. The lowest BCUT2D eigenvalue weighted by Gasteiger charge is -2.23. The van der Waals surface area contributed by atoms with Crippen LogP contribution in [-0.4, -0.2) is 19.0 Å². The number of ether oxygens (including phenoxy) is 1. The average Bonchev–Trinajstić information content (AvgIpc) is 3.35. The second kappa shape index (κ2) is 8.50. The summed E-state index contributed by atoms with van der Waals surface area (Å²) in [5.41, 5.74) is 2.80. The maximum absolute atomic E-state index is 13.2. The highest BCUT2D eigenvalue weighted by molar-refractivity contribution is 5.95. The van der Waals surface area contributed by atoms with Crippen LogP contribution in [0, 0.1) is 24.1 Å². The molecule has 1 saturated carbocycles. The van der Waals surface area contributed by atoms with Gasteiger partial charge in [0.25, 0.3) is 0 Å². The maximum atomic E-state index is 13.2. The highest BCUT2D eigenvalue weighted by atomic mass is 35.5. The minimum absolute atomic E-state index is 0. The molecule has 1 spiro atoms. The number of nitrogens with one attached hydrogen (secondary N) is 2. The van der Waals surface area contributed by atoms with E-state index in [1.165, 1.54) is 12.1 Å². The highest BCUT2D eigenvalue weighted by Crippen LogP contribution is 2.58. The molecule has 2 aromatic carbocycles. The molecule has 1 unspecified atom stereocenters. The van der Waals surface area contributed by atoms with Crippen molar-refractivity contribution in [1.29, 1.82) is 0 Å². The summed E-state index contributed by atoms with van der Waals surface area (Å²) in [6.07, 6.45) is 3.20. The van der Waals surface area contributed by atoms with Crippen LogP contribution in [0.1, 0.15) is 30.4 Å². The van der Waals surface area contributed by atoms with E-state index in [2.05, 4.69) is 10.6 Å². The fourth-order valence-electron chi connectivity index (χ4n) is 4.08. The molecule has 1 aliphatic heterocycles. The maximum Gasteiger partial charge on any atom is 0.228 e. The van der Waals surface area contributed by atoms with E-state index in [-0.39, 0.29) is 35.5 Å². The summed E-state index contributed by atoms with van der Waals surface area (Å²) in [6.45, 7) is 4.29. The molecule has 150 valence electrons. The van der Waals surface area contributed by atoms with Crippen molar-refractivity contribution >= 4 is 24.0 Å². The molecule has 28 heavy (non-hydrogen) atoms. The van der Waals surface area contributed by atoms with Gasteiger partial charge in [0.05, 0.1) is 0 Å². The molecule has 1 amide bonds. The Balaban J connectivity index is 0.00000225. The summed E-state index contributed by atoms with van der Waals surface area (Å²) in [5.74, 6) is 0.712. The van der Waals surface area contributed by atoms with Gasteiger partial charge in [-0.3, -0.25) is 4.79 Å². The van der Waals surface area contributed by atoms with Gasteiger partial charge in [-0.05, 0) is 86.1 Å². The second-order valence-corrected chi connectivity index (χ2v) is 7.75. The standard InChI is InChI=1S/C22H25FN2O2.ClH/c1-15-11-18(27-14-16-3-2-4-17(23)12-16)5-6-20(15)25-21(26)19-13-22(19)7-9-24-10-8-22;/h2-6,11-12,19,24H,7-10,13-14H2,1H3,(H,25,26);1H. The minimum atomic E-state index is -0.267. The fourth-order valence-corrected chi connectivity index (χ4v) is 4.08. The Morgan fingerprint density at radius 3 is 2.75 bits per heavy atom. The molecule has 0 radical (unpaired) electrons. The lowest BCUT2D eigenvalue weighted by atomic mass is 9.91. The van der Waals surface area contributed by atoms with E-state index in [4.69, 9.17) is 4.74 Å². The molecular formula is C22H26ClFN2O2. The van der Waals surface area contributed by atoms with E-state index in [0.29, 0.717) is 12.4 Å². The number of carbonyl (C=O) groups excluding carboxylic acids is 1. The van der Waals surface area contributed by atoms with Crippen molar-refractivity contribution in [3.63, 3.8) is 0 Å². The topological polar surface area (TPSA) is 50.4 Å². The number of benzene rings is 2. The number of anilines is 1. The number of aryl methyl sites for hydroxylation is 1. The number of amides is 1. The van der Waals surface area contributed by atoms with Crippen molar-refractivity contribution in [3.8, 4) is 5.75 Å². The van der Waals surface area contributed by atoms with Crippen molar-refractivity contribution in [2.75, 3.05) is 18.4 Å². The van der Waals surface area contributed by atoms with Gasteiger partial charge >= 0.3 is 0 Å². The normalized spacial score (nSPS) is 19.6. The zero-order chi connectivity index (χ0) is 18.9. The molecular weight excluding hydrogens is 379 g/mol. The van der Waals surface area contributed by atoms with Gasteiger partial charge in [-0.25, -0.2) is 4.39 Å². The number of hydrogen-bond donors (Lipinski definition) is 2. The molecule has 2 fully saturated rings. The summed E-state index contributed by atoms with van der Waals surface area (Å²) >= 11 is 0. The SMILES string of the molecule is Cc1cc(OCc2cccc(F)c2)ccc1NC(=O)C1CC12CCNCC2.Cl. The molecule has 2 aliphatic rings. The van der Waals surface area contributed by atoms with Crippen LogP contribution >= 0.6 is 12.4 Å². The van der Waals surface area contributed by atoms with E-state index in [1.807, 2.05) is 31.2 Å². The zero-order valence-corrected chi connectivity index (χ0v) is 16.8. The lowest BCUT2D eigenvalue weighted by molar-refractivity contribution is -0.118. The Kier molecular flexibility index (Phi) is 6.26. The first-order chi connectivity index (χ1) is 13.1. The van der Waals surface area contributed by atoms with Gasteiger partial charge in [-0.2, -0.15) is 0 Å². The third kappa shape index (κ3) is 4.47. The van der Waals surface area contributed by atoms with Crippen LogP contribution in [0.25, 0.3) is 0 Å². The number of rotatable bonds is 5. The predicted molar refractivity (Wildman–Crippen MR) is 110 cm³/mol. The van der Waals surface area contributed by atoms with Crippen LogP contribution in [-0.2, 0) is 11.4 Å². The van der Waals surface area contributed by atoms with E-state index in [0.717, 1.165) is 49.2 Å². The summed E-state index contributed by atoms with van der Waals surface area (Å²) in [5, 5.41) is 6.45. The van der Waals surface area contributed by atoms with E-state index >= 15 is 0 Å². The van der Waals surface area contributed by atoms with Gasteiger partial charge < -0.3 is 15.4 Å². The molecule has 6 heteroatoms. The van der Waals surface area contributed by atoms with E-state index in [9.17, 15) is 9.18 Å². The first-order valence-corrected chi connectivity index (χ1v) is 9.55. The minimum Gasteiger partial charge on any atom is -0.489 e. The third-order valence-electron chi connectivity index (χ3n) is 5.86. The van der Waals surface area contributed by atoms with Crippen LogP contribution in [0.3, 0.4) is 0 Å². The van der Waals surface area contributed by atoms with Crippen LogP contribution in [0.15, 0.2) is 42.5 Å². The van der Waals surface area contributed by atoms with Gasteiger partial charge in [0.1, 0.15) is 18.2 Å². The van der Waals surface area contributed by atoms with Gasteiger partial charge in [0.15, 0.2) is 0 Å². The van der Waals surface area contributed by atoms with Crippen molar-refractivity contribution in [1.82, 2.24) is 5.32 Å². The average molecular weight is 405 g/mol. The Morgan fingerprint density at radius 2 is 2.04 bits per heavy atom. The Labute approximate surface area is 171 Å². The zero-order valence-electron chi connectivity index (χ0n) is 16.0. The van der Waals surface area contributed by atoms with E-state index < -0.39 is 0 Å². The van der Waals surface area contributed by atoms with Crippen molar-refractivity contribution in [3.05, 3.63) is 59.4 Å². The van der Waals surface area contributed by atoms with Gasteiger partial charge in [-0.15, -0.1) is 12.4 Å². The Hall–Kier alpha value is -2.11. The fraction of sp³-hybridized carbons (Fsp3) is 0.409. The molecule has 1 aliphatic carbocycles. The molecule has 1 atom stereocenters. The molecule has 1 saturated heterocycles. The van der Waals surface area contributed by atoms with Crippen molar-refractivity contribution in [2.24, 2.45) is 11.3 Å². The predicted octanol–water partition coefficient (Wildman–Crippen LogP) is 4.46. The van der Waals surface area contributed by atoms with Crippen molar-refractivity contribution in [2.45, 2.75) is 32.8 Å². The van der Waals surface area contributed by atoms with Crippen molar-refractivity contribution < 1.29 is 13.9 Å². The largest absolute Gasteiger partial charge is 0.489 e. The molecule has 0 aromatic heterocycles. The number of piperidine rings is 1. The number of carbonyl (C=O) groups is 1. The Bertz CT molecular complexity index is 852. The summed E-state index contributed by atoms with van der Waals surface area (Å²) < 4.78 is 19.0. The third-order valence-corrected chi connectivity index (χ3v) is 5.86. The monoisotopic (exact) mass is 404 g/mol. The van der Waals surface area contributed by atoms with Crippen LogP contribution in [0.4, 0.5) is 10.1 Å².